The lowest BCUT2D eigenvalue weighted by molar-refractivity contribution is -0.114. The molecular weight excluding hydrogens is 264 g/mol. The Balaban J connectivity index is 2.56. The summed E-state index contributed by atoms with van der Waals surface area (Å²) in [6.07, 6.45) is 5.23. The van der Waals surface area contributed by atoms with Crippen molar-refractivity contribution in [2.24, 2.45) is 4.99 Å². The first kappa shape index (κ1) is 16.0. The van der Waals surface area contributed by atoms with Crippen LogP contribution in [0.25, 0.3) is 0 Å². The predicted molar refractivity (Wildman–Crippen MR) is 77.6 cm³/mol. The first-order valence-electron chi connectivity index (χ1n) is 6.76. The summed E-state index contributed by atoms with van der Waals surface area (Å²) in [7, 11) is 0. The third kappa shape index (κ3) is 7.20. The van der Waals surface area contributed by atoms with Gasteiger partial charge in [0.1, 0.15) is 5.78 Å². The number of rotatable bonds is 4. The van der Waals surface area contributed by atoms with Gasteiger partial charge in [0, 0.05) is 6.04 Å². The van der Waals surface area contributed by atoms with Gasteiger partial charge in [0.15, 0.2) is 5.17 Å². The number of amidine groups is 1. The average Bonchev–Trinajstić information content (AvgIpc) is 2.37. The molecule has 1 saturated carbocycles. The fraction of sp³-hybridized carbons (Fsp3) is 0.769. The summed E-state index contributed by atoms with van der Waals surface area (Å²) < 4.78 is 4.80. The highest BCUT2D eigenvalue weighted by atomic mass is 32.2. The highest BCUT2D eigenvalue weighted by Crippen LogP contribution is 2.18. The van der Waals surface area contributed by atoms with Crippen molar-refractivity contribution in [2.75, 3.05) is 12.4 Å². The van der Waals surface area contributed by atoms with E-state index in [0.29, 0.717) is 23.6 Å². The summed E-state index contributed by atoms with van der Waals surface area (Å²) in [6, 6.07) is 0.349. The van der Waals surface area contributed by atoms with Crippen LogP contribution in [0.3, 0.4) is 0 Å². The molecule has 0 aromatic carbocycles. The molecule has 0 atom stereocenters. The van der Waals surface area contributed by atoms with Crippen molar-refractivity contribution in [3.8, 4) is 0 Å². The number of hydrogen-bond acceptors (Lipinski definition) is 4. The van der Waals surface area contributed by atoms with Gasteiger partial charge in [-0.25, -0.2) is 4.79 Å². The van der Waals surface area contributed by atoms with Crippen molar-refractivity contribution < 1.29 is 14.3 Å². The molecule has 0 heterocycles. The predicted octanol–water partition coefficient (Wildman–Crippen LogP) is 2.74. The SMILES string of the molecule is CCOC(=O)/N=C(/NC1CCCCC1)SCC(C)=O. The van der Waals surface area contributed by atoms with Crippen LogP contribution < -0.4 is 5.32 Å². The van der Waals surface area contributed by atoms with Gasteiger partial charge in [-0.05, 0) is 26.7 Å². The minimum atomic E-state index is -0.600. The van der Waals surface area contributed by atoms with E-state index in [1.54, 1.807) is 6.92 Å². The number of carbonyl (C=O) groups excluding carboxylic acids is 2. The van der Waals surface area contributed by atoms with E-state index in [-0.39, 0.29) is 5.78 Å². The number of carbonyl (C=O) groups is 2. The van der Waals surface area contributed by atoms with Gasteiger partial charge in [-0.3, -0.25) is 4.79 Å². The molecule has 1 N–H and O–H groups in total. The quantitative estimate of drug-likeness (QED) is 0.636. The van der Waals surface area contributed by atoms with E-state index < -0.39 is 6.09 Å². The minimum absolute atomic E-state index is 0.0620. The van der Waals surface area contributed by atoms with Gasteiger partial charge in [-0.15, -0.1) is 0 Å². The van der Waals surface area contributed by atoms with E-state index in [1.165, 1.54) is 37.9 Å². The molecule has 0 radical (unpaired) electrons. The summed E-state index contributed by atoms with van der Waals surface area (Å²) in [4.78, 5) is 26.3. The van der Waals surface area contributed by atoms with Gasteiger partial charge < -0.3 is 10.1 Å². The number of hydrogen-bond donors (Lipinski definition) is 1. The van der Waals surface area contributed by atoms with E-state index in [0.717, 1.165) is 12.8 Å². The second kappa shape index (κ2) is 8.96. The molecule has 0 aliphatic heterocycles. The molecule has 5 nitrogen and oxygen atoms in total. The van der Waals surface area contributed by atoms with Crippen LogP contribution in [-0.2, 0) is 9.53 Å². The molecule has 1 fully saturated rings. The first-order chi connectivity index (χ1) is 9.11. The molecule has 19 heavy (non-hydrogen) atoms. The van der Waals surface area contributed by atoms with E-state index in [9.17, 15) is 9.59 Å². The van der Waals surface area contributed by atoms with E-state index in [1.807, 2.05) is 0 Å². The average molecular weight is 286 g/mol. The summed E-state index contributed by atoms with van der Waals surface area (Å²) in [5.41, 5.74) is 0. The standard InChI is InChI=1S/C13H22N2O3S/c1-3-18-13(17)15-12(19-9-10(2)16)14-11-7-5-4-6-8-11/h11H,3-9H2,1-2H3,(H,14,15,17). The van der Waals surface area contributed by atoms with Crippen LogP contribution in [-0.4, -0.2) is 35.4 Å². The maximum atomic E-state index is 11.4. The van der Waals surface area contributed by atoms with Crippen molar-refractivity contribution in [3.05, 3.63) is 0 Å². The Kier molecular flexibility index (Phi) is 7.55. The van der Waals surface area contributed by atoms with Crippen molar-refractivity contribution in [3.63, 3.8) is 0 Å². The zero-order valence-electron chi connectivity index (χ0n) is 11.6. The van der Waals surface area contributed by atoms with Crippen LogP contribution in [0, 0.1) is 0 Å². The second-order valence-corrected chi connectivity index (χ2v) is 5.55. The van der Waals surface area contributed by atoms with Crippen LogP contribution in [0.15, 0.2) is 4.99 Å². The molecule has 0 saturated heterocycles. The normalized spacial score (nSPS) is 17.1. The van der Waals surface area contributed by atoms with Crippen LogP contribution in [0.1, 0.15) is 46.0 Å². The Morgan fingerprint density at radius 2 is 2.00 bits per heavy atom. The molecular formula is C13H22N2O3S. The number of thioether (sulfide) groups is 1. The van der Waals surface area contributed by atoms with Crippen molar-refractivity contribution in [2.45, 2.75) is 52.0 Å². The highest BCUT2D eigenvalue weighted by Gasteiger charge is 2.16. The largest absolute Gasteiger partial charge is 0.448 e. The van der Waals surface area contributed by atoms with Crippen molar-refractivity contribution in [1.29, 1.82) is 0 Å². The van der Waals surface area contributed by atoms with Crippen LogP contribution in [0.4, 0.5) is 4.79 Å². The molecule has 0 spiro atoms. The molecule has 0 aromatic heterocycles. The lowest BCUT2D eigenvalue weighted by Gasteiger charge is -2.24. The fourth-order valence-corrected chi connectivity index (χ4v) is 2.67. The number of ketones is 1. The zero-order chi connectivity index (χ0) is 14.1. The Morgan fingerprint density at radius 3 is 2.58 bits per heavy atom. The third-order valence-electron chi connectivity index (χ3n) is 2.81. The molecule has 0 aromatic rings. The minimum Gasteiger partial charge on any atom is -0.448 e. The number of nitrogens with one attached hydrogen (secondary N) is 1. The number of amides is 1. The number of aliphatic imine (C=N–C) groups is 1. The number of ether oxygens (including phenoxy) is 1. The second-order valence-electron chi connectivity index (χ2n) is 4.59. The molecule has 1 amide bonds. The monoisotopic (exact) mass is 286 g/mol. The van der Waals surface area contributed by atoms with Crippen LogP contribution in [0.2, 0.25) is 0 Å². The molecule has 1 aliphatic rings. The van der Waals surface area contributed by atoms with Gasteiger partial charge in [0.25, 0.3) is 0 Å². The smallest absolute Gasteiger partial charge is 0.435 e. The summed E-state index contributed by atoms with van der Waals surface area (Å²) >= 11 is 1.27. The molecule has 0 bridgehead atoms. The summed E-state index contributed by atoms with van der Waals surface area (Å²) in [5, 5.41) is 3.76. The Labute approximate surface area is 118 Å². The Bertz CT molecular complexity index is 339. The molecule has 1 aliphatic carbocycles. The molecule has 1 rings (SSSR count). The van der Waals surface area contributed by atoms with E-state index in [4.69, 9.17) is 4.74 Å². The maximum absolute atomic E-state index is 11.4. The topological polar surface area (TPSA) is 67.8 Å². The lowest BCUT2D eigenvalue weighted by atomic mass is 9.96. The molecule has 6 heteroatoms. The van der Waals surface area contributed by atoms with Gasteiger partial charge in [-0.1, -0.05) is 31.0 Å². The van der Waals surface area contributed by atoms with E-state index >= 15 is 0 Å². The summed E-state index contributed by atoms with van der Waals surface area (Å²) in [5.74, 6) is 0.379. The zero-order valence-corrected chi connectivity index (χ0v) is 12.4. The van der Waals surface area contributed by atoms with Crippen molar-refractivity contribution >= 4 is 28.8 Å². The third-order valence-corrected chi connectivity index (χ3v) is 3.84. The van der Waals surface area contributed by atoms with E-state index in [2.05, 4.69) is 10.3 Å². The number of nitrogens with zero attached hydrogens (tertiary/aromatic N) is 1. The Morgan fingerprint density at radius 1 is 1.32 bits per heavy atom. The van der Waals surface area contributed by atoms with Gasteiger partial charge in [0.05, 0.1) is 12.4 Å². The highest BCUT2D eigenvalue weighted by molar-refractivity contribution is 8.14. The molecule has 0 unspecified atom stereocenters. The van der Waals surface area contributed by atoms with Crippen molar-refractivity contribution in [1.82, 2.24) is 5.32 Å². The van der Waals surface area contributed by atoms with Crippen LogP contribution >= 0.6 is 11.8 Å². The van der Waals surface area contributed by atoms with Crippen LogP contribution in [0.5, 0.6) is 0 Å². The van der Waals surface area contributed by atoms with Gasteiger partial charge in [0.2, 0.25) is 0 Å². The Hall–Kier alpha value is -1.04. The summed E-state index contributed by atoms with van der Waals surface area (Å²) in [6.45, 7) is 3.57. The lowest BCUT2D eigenvalue weighted by Crippen LogP contribution is -2.35. The first-order valence-corrected chi connectivity index (χ1v) is 7.74. The number of Topliss-reactive ketones (excluding diaryl/α,β-unsaturated/α-hetero) is 1. The fourth-order valence-electron chi connectivity index (χ4n) is 1.94. The van der Waals surface area contributed by atoms with Gasteiger partial charge >= 0.3 is 6.09 Å². The van der Waals surface area contributed by atoms with Gasteiger partial charge in [-0.2, -0.15) is 4.99 Å². The molecule has 108 valence electrons. The maximum Gasteiger partial charge on any atom is 0.435 e.